The molecule has 1 N–H and O–H groups in total. The number of halogens is 1. The van der Waals surface area contributed by atoms with Gasteiger partial charge in [-0.15, -0.1) is 0 Å². The minimum atomic E-state index is -0.751. The van der Waals surface area contributed by atoms with Gasteiger partial charge < -0.3 is 19.3 Å². The first-order chi connectivity index (χ1) is 17.3. The lowest BCUT2D eigenvalue weighted by Gasteiger charge is -2.14. The molecule has 1 aliphatic rings. The van der Waals surface area contributed by atoms with Crippen molar-refractivity contribution in [1.82, 2.24) is 0 Å². The zero-order valence-corrected chi connectivity index (χ0v) is 23.1. The molecule has 3 rings (SSSR count). The van der Waals surface area contributed by atoms with E-state index in [0.717, 1.165) is 20.9 Å². The van der Waals surface area contributed by atoms with Crippen LogP contribution in [0.5, 0.6) is 11.5 Å². The lowest BCUT2D eigenvalue weighted by molar-refractivity contribution is -0.138. The number of carbonyl (C=O) groups is 2. The second-order valence-electron chi connectivity index (χ2n) is 7.51. The second-order valence-corrected chi connectivity index (χ2v) is 9.70. The van der Waals surface area contributed by atoms with Crippen molar-refractivity contribution in [3.05, 3.63) is 85.6 Å². The zero-order valence-electron chi connectivity index (χ0n) is 20.2. The maximum absolute atomic E-state index is 12.8. The van der Waals surface area contributed by atoms with Crippen molar-refractivity contribution in [3.63, 3.8) is 0 Å². The Bertz CT molecular complexity index is 1260. The van der Waals surface area contributed by atoms with Crippen LogP contribution in [0.25, 0.3) is 6.08 Å². The fraction of sp³-hybridized carbons (Fsp3) is 0.222. The maximum atomic E-state index is 12.8. The molecule has 0 atom stereocenters. The number of hydrogen-bond acceptors (Lipinski definition) is 7. The van der Waals surface area contributed by atoms with E-state index in [0.29, 0.717) is 40.7 Å². The van der Waals surface area contributed by atoms with Gasteiger partial charge in [0.25, 0.3) is 5.91 Å². The monoisotopic (exact) mass is 619 g/mol. The molecule has 9 heteroatoms. The largest absolute Gasteiger partial charge is 0.506 e. The van der Waals surface area contributed by atoms with Gasteiger partial charge >= 0.3 is 5.97 Å². The molecule has 36 heavy (non-hydrogen) atoms. The summed E-state index contributed by atoms with van der Waals surface area (Å²) in [6, 6.07) is 10.6. The lowest BCUT2D eigenvalue weighted by Crippen LogP contribution is -2.14. The minimum absolute atomic E-state index is 0.0773. The van der Waals surface area contributed by atoms with E-state index in [1.54, 1.807) is 49.4 Å². The highest BCUT2D eigenvalue weighted by Gasteiger charge is 2.34. The van der Waals surface area contributed by atoms with Crippen LogP contribution in [0, 0.1) is 10.5 Å². The number of aliphatic imine (C=N–C) groups is 1. The normalized spacial score (nSPS) is 15.3. The van der Waals surface area contributed by atoms with Crippen LogP contribution in [-0.2, 0) is 9.53 Å². The van der Waals surface area contributed by atoms with E-state index in [1.807, 2.05) is 19.9 Å². The first kappa shape index (κ1) is 27.5. The molecule has 0 unspecified atom stereocenters. The van der Waals surface area contributed by atoms with E-state index in [1.165, 1.54) is 0 Å². The van der Waals surface area contributed by atoms with Crippen LogP contribution in [0.15, 0.2) is 70.3 Å². The summed E-state index contributed by atoms with van der Waals surface area (Å²) in [6.07, 6.45) is 3.34. The summed E-state index contributed by atoms with van der Waals surface area (Å²) in [5, 5.41) is 11.0. The fourth-order valence-electron chi connectivity index (χ4n) is 3.21. The van der Waals surface area contributed by atoms with Crippen LogP contribution in [0.1, 0.15) is 35.3 Å². The zero-order chi connectivity index (χ0) is 26.2. The molecule has 0 fully saturated rings. The minimum Gasteiger partial charge on any atom is -0.506 e. The van der Waals surface area contributed by atoms with Crippen molar-refractivity contribution in [1.29, 1.82) is 0 Å². The number of thioether (sulfide) groups is 1. The highest BCUT2D eigenvalue weighted by atomic mass is 127. The van der Waals surface area contributed by atoms with Gasteiger partial charge in [-0.25, -0.2) is 9.79 Å². The summed E-state index contributed by atoms with van der Waals surface area (Å²) in [5.41, 5.74) is 1.95. The smallest absolute Gasteiger partial charge is 0.344 e. The van der Waals surface area contributed by atoms with Crippen LogP contribution in [0.3, 0.4) is 0 Å². The summed E-state index contributed by atoms with van der Waals surface area (Å²) in [6.45, 7) is 10.00. The Morgan fingerprint density at radius 3 is 2.50 bits per heavy atom. The van der Waals surface area contributed by atoms with Crippen molar-refractivity contribution < 1.29 is 28.9 Å². The third-order valence-electron chi connectivity index (χ3n) is 4.85. The van der Waals surface area contributed by atoms with E-state index in [2.05, 4.69) is 34.2 Å². The van der Waals surface area contributed by atoms with Crippen LogP contribution in [-0.4, -0.2) is 41.8 Å². The van der Waals surface area contributed by atoms with Gasteiger partial charge in [0, 0.05) is 5.56 Å². The molecule has 0 spiro atoms. The topological polar surface area (TPSA) is 94.4 Å². The predicted octanol–water partition coefficient (Wildman–Crippen LogP) is 6.26. The highest BCUT2D eigenvalue weighted by molar-refractivity contribution is 14.1. The number of esters is 1. The molecule has 7 nitrogen and oxygen atoms in total. The van der Waals surface area contributed by atoms with Gasteiger partial charge in [0.1, 0.15) is 23.0 Å². The highest BCUT2D eigenvalue weighted by Crippen LogP contribution is 2.41. The SMILES string of the molecule is C=CCOc1c(I)cc(/C=C2\SC(=NC(=O)c3ccc(C)cc3)C(C(=O)OCC)=C2O)cc1OCC. The van der Waals surface area contributed by atoms with E-state index in [-0.39, 0.29) is 23.0 Å². The number of aliphatic hydroxyl groups is 1. The number of hydrogen-bond donors (Lipinski definition) is 1. The molecule has 0 aromatic heterocycles. The van der Waals surface area contributed by atoms with E-state index >= 15 is 0 Å². The third kappa shape index (κ3) is 6.58. The summed E-state index contributed by atoms with van der Waals surface area (Å²) in [7, 11) is 0. The van der Waals surface area contributed by atoms with Gasteiger partial charge in [0.2, 0.25) is 0 Å². The Morgan fingerprint density at radius 1 is 1.14 bits per heavy atom. The number of aliphatic hydroxyl groups excluding tert-OH is 1. The molecular weight excluding hydrogens is 593 g/mol. The van der Waals surface area contributed by atoms with Gasteiger partial charge in [-0.2, -0.15) is 0 Å². The molecular formula is C27H26INO6S. The average molecular weight is 619 g/mol. The van der Waals surface area contributed by atoms with Gasteiger partial charge in [-0.1, -0.05) is 42.1 Å². The standard InChI is InChI=1S/C27H26INO6S/c1-5-12-35-24-19(28)13-17(14-20(24)33-6-2)15-21-23(30)22(27(32)34-7-3)26(36-21)29-25(31)18-10-8-16(4)9-11-18/h5,8-11,13-15,30H,1,6-7,12H2,2-4H3/b21-15-,29-26?. The molecule has 1 heterocycles. The molecule has 2 aromatic carbocycles. The Balaban J connectivity index is 2.03. The molecule has 0 bridgehead atoms. The number of benzene rings is 2. The summed E-state index contributed by atoms with van der Waals surface area (Å²) in [4.78, 5) is 29.9. The number of carbonyl (C=O) groups excluding carboxylic acids is 2. The first-order valence-corrected chi connectivity index (χ1v) is 13.1. The van der Waals surface area contributed by atoms with Gasteiger partial charge in [-0.3, -0.25) is 4.79 Å². The van der Waals surface area contributed by atoms with Crippen molar-refractivity contribution >= 4 is 57.3 Å². The quantitative estimate of drug-likeness (QED) is 0.201. The molecule has 0 saturated heterocycles. The molecule has 188 valence electrons. The number of aryl methyl sites for hydroxylation is 1. The molecule has 2 aromatic rings. The van der Waals surface area contributed by atoms with Crippen molar-refractivity contribution in [3.8, 4) is 11.5 Å². The molecule has 0 radical (unpaired) electrons. The van der Waals surface area contributed by atoms with Gasteiger partial charge in [0.05, 0.1) is 21.7 Å². The average Bonchev–Trinajstić information content (AvgIpc) is 3.13. The first-order valence-electron chi connectivity index (χ1n) is 11.2. The fourth-order valence-corrected chi connectivity index (χ4v) is 5.01. The number of amides is 1. The van der Waals surface area contributed by atoms with Gasteiger partial charge in [0.15, 0.2) is 11.5 Å². The van der Waals surface area contributed by atoms with Crippen LogP contribution < -0.4 is 9.47 Å². The Hall–Kier alpha value is -3.05. The molecule has 1 aliphatic heterocycles. The number of nitrogens with zero attached hydrogens (tertiary/aromatic N) is 1. The van der Waals surface area contributed by atoms with Crippen molar-refractivity contribution in [2.24, 2.45) is 4.99 Å². The lowest BCUT2D eigenvalue weighted by atomic mass is 10.1. The summed E-state index contributed by atoms with van der Waals surface area (Å²) >= 11 is 3.17. The maximum Gasteiger partial charge on any atom is 0.344 e. The number of ether oxygens (including phenoxy) is 3. The summed E-state index contributed by atoms with van der Waals surface area (Å²) in [5.74, 6) is -0.437. The van der Waals surface area contributed by atoms with Crippen LogP contribution in [0.2, 0.25) is 0 Å². The second kappa shape index (κ2) is 12.8. The number of rotatable bonds is 9. The molecule has 0 saturated carbocycles. The Labute approximate surface area is 228 Å². The van der Waals surface area contributed by atoms with E-state index in [4.69, 9.17) is 14.2 Å². The van der Waals surface area contributed by atoms with Gasteiger partial charge in [-0.05, 0) is 79.3 Å². The van der Waals surface area contributed by atoms with Crippen LogP contribution in [0.4, 0.5) is 0 Å². The predicted molar refractivity (Wildman–Crippen MR) is 151 cm³/mol. The third-order valence-corrected chi connectivity index (χ3v) is 6.67. The van der Waals surface area contributed by atoms with Crippen molar-refractivity contribution in [2.75, 3.05) is 19.8 Å². The van der Waals surface area contributed by atoms with Crippen LogP contribution >= 0.6 is 34.4 Å². The Morgan fingerprint density at radius 2 is 1.86 bits per heavy atom. The molecule has 0 aliphatic carbocycles. The molecule has 1 amide bonds. The Kier molecular flexibility index (Phi) is 9.77. The van der Waals surface area contributed by atoms with Crippen molar-refractivity contribution in [2.45, 2.75) is 20.8 Å². The van der Waals surface area contributed by atoms with E-state index in [9.17, 15) is 14.7 Å². The summed E-state index contributed by atoms with van der Waals surface area (Å²) < 4.78 is 17.4. The van der Waals surface area contributed by atoms with E-state index < -0.39 is 11.9 Å².